The van der Waals surface area contributed by atoms with Gasteiger partial charge in [0.05, 0.1) is 0 Å². The number of thiol groups is 1. The van der Waals surface area contributed by atoms with E-state index in [9.17, 15) is 0 Å². The second-order valence-corrected chi connectivity index (χ2v) is 3.95. The van der Waals surface area contributed by atoms with Gasteiger partial charge in [0.15, 0.2) is 0 Å². The van der Waals surface area contributed by atoms with Crippen LogP contribution in [0.5, 0.6) is 0 Å². The van der Waals surface area contributed by atoms with E-state index in [-0.39, 0.29) is 12.4 Å². The van der Waals surface area contributed by atoms with Crippen LogP contribution in [0.4, 0.5) is 0 Å². The molecule has 3 aliphatic heterocycles. The summed E-state index contributed by atoms with van der Waals surface area (Å²) in [6.07, 6.45) is 2.87. The van der Waals surface area contributed by atoms with Crippen LogP contribution < -0.4 is 0 Å². The molecule has 11 heavy (non-hydrogen) atoms. The van der Waals surface area contributed by atoms with Crippen LogP contribution in [0.15, 0.2) is 0 Å². The molecule has 1 nitrogen and oxygen atoms in total. The first-order chi connectivity index (χ1) is 4.90. The first kappa shape index (κ1) is 9.69. The van der Waals surface area contributed by atoms with Gasteiger partial charge in [0, 0.05) is 6.54 Å². The van der Waals surface area contributed by atoms with E-state index in [1.165, 1.54) is 32.5 Å². The van der Waals surface area contributed by atoms with Gasteiger partial charge >= 0.3 is 0 Å². The van der Waals surface area contributed by atoms with Gasteiger partial charge in [-0.3, -0.25) is 0 Å². The summed E-state index contributed by atoms with van der Waals surface area (Å²) in [5, 5.41) is 0. The van der Waals surface area contributed by atoms with Gasteiger partial charge in [0.25, 0.3) is 0 Å². The van der Waals surface area contributed by atoms with Crippen molar-refractivity contribution in [3.05, 3.63) is 0 Å². The molecule has 66 valence electrons. The van der Waals surface area contributed by atoms with Crippen molar-refractivity contribution in [1.29, 1.82) is 0 Å². The predicted octanol–water partition coefficient (Wildman–Crippen LogP) is 1.68. The zero-order valence-electron chi connectivity index (χ0n) is 6.70. The minimum atomic E-state index is 0. The average molecular weight is 194 g/mol. The molecule has 0 aromatic heterocycles. The third-order valence-corrected chi connectivity index (χ3v) is 3.50. The number of fused-ring (bicyclic) bond motifs is 3. The molecular weight excluding hydrogens is 178 g/mol. The molecular formula is C8H16ClNS. The number of hydrogen-bond acceptors (Lipinski definition) is 2. The van der Waals surface area contributed by atoms with Crippen LogP contribution in [0.25, 0.3) is 0 Å². The normalized spacial score (nSPS) is 41.7. The minimum absolute atomic E-state index is 0. The second-order valence-electron chi connectivity index (χ2n) is 3.58. The third-order valence-electron chi connectivity index (χ3n) is 3.03. The number of piperidine rings is 3. The zero-order chi connectivity index (χ0) is 6.97. The summed E-state index contributed by atoms with van der Waals surface area (Å²) in [5.41, 5.74) is 0. The van der Waals surface area contributed by atoms with Crippen molar-refractivity contribution in [3.63, 3.8) is 0 Å². The maximum absolute atomic E-state index is 4.37. The Morgan fingerprint density at radius 3 is 2.18 bits per heavy atom. The summed E-state index contributed by atoms with van der Waals surface area (Å²) in [6.45, 7) is 4.04. The summed E-state index contributed by atoms with van der Waals surface area (Å²) in [7, 11) is 0. The molecule has 0 aliphatic carbocycles. The molecule has 0 amide bonds. The number of halogens is 1. The fourth-order valence-corrected chi connectivity index (χ4v) is 2.71. The molecule has 0 radical (unpaired) electrons. The van der Waals surface area contributed by atoms with Crippen molar-refractivity contribution in [2.75, 3.05) is 25.4 Å². The molecule has 3 heteroatoms. The molecule has 2 bridgehead atoms. The van der Waals surface area contributed by atoms with E-state index in [1.54, 1.807) is 0 Å². The lowest BCUT2D eigenvalue weighted by Crippen LogP contribution is -2.47. The van der Waals surface area contributed by atoms with Crippen molar-refractivity contribution in [2.45, 2.75) is 12.8 Å². The highest BCUT2D eigenvalue weighted by atomic mass is 35.5. The van der Waals surface area contributed by atoms with Crippen LogP contribution in [-0.2, 0) is 0 Å². The highest BCUT2D eigenvalue weighted by Gasteiger charge is 2.32. The smallest absolute Gasteiger partial charge is 0.00201 e. The van der Waals surface area contributed by atoms with E-state index in [1.807, 2.05) is 0 Å². The Kier molecular flexibility index (Phi) is 3.53. The maximum Gasteiger partial charge on any atom is 0.00201 e. The van der Waals surface area contributed by atoms with E-state index < -0.39 is 0 Å². The summed E-state index contributed by atoms with van der Waals surface area (Å²) in [5.74, 6) is 3.02. The standard InChI is InChI=1S/C8H15NS.ClH/c10-6-8-5-9-3-1-7(8)2-4-9;/h7-8,10H,1-6H2;1H. The Bertz CT molecular complexity index is 123. The molecule has 1 atom stereocenters. The van der Waals surface area contributed by atoms with Gasteiger partial charge in [-0.2, -0.15) is 12.6 Å². The quantitative estimate of drug-likeness (QED) is 0.621. The van der Waals surface area contributed by atoms with Crippen LogP contribution in [0, 0.1) is 11.8 Å². The lowest BCUT2D eigenvalue weighted by atomic mass is 9.80. The minimum Gasteiger partial charge on any atom is -0.303 e. The summed E-state index contributed by atoms with van der Waals surface area (Å²) >= 11 is 4.37. The Balaban J connectivity index is 0.000000605. The van der Waals surface area contributed by atoms with E-state index in [0.29, 0.717) is 0 Å². The van der Waals surface area contributed by atoms with E-state index in [4.69, 9.17) is 0 Å². The van der Waals surface area contributed by atoms with Crippen LogP contribution >= 0.6 is 25.0 Å². The lowest BCUT2D eigenvalue weighted by Gasteiger charge is -2.44. The molecule has 0 saturated carbocycles. The molecule has 3 fully saturated rings. The van der Waals surface area contributed by atoms with Gasteiger partial charge in [0.1, 0.15) is 0 Å². The average Bonchev–Trinajstić information content (AvgIpc) is 2.06. The van der Waals surface area contributed by atoms with Gasteiger partial charge in [-0.25, -0.2) is 0 Å². The summed E-state index contributed by atoms with van der Waals surface area (Å²) in [6, 6.07) is 0. The largest absolute Gasteiger partial charge is 0.303 e. The molecule has 3 aliphatic rings. The van der Waals surface area contributed by atoms with Crippen LogP contribution in [0.3, 0.4) is 0 Å². The third kappa shape index (κ3) is 1.85. The Hall–Kier alpha value is 0.600. The fraction of sp³-hybridized carbons (Fsp3) is 1.00. The molecule has 3 rings (SSSR count). The first-order valence-corrected chi connectivity index (χ1v) is 4.86. The number of hydrogen-bond donors (Lipinski definition) is 1. The van der Waals surface area contributed by atoms with E-state index >= 15 is 0 Å². The number of nitrogens with zero attached hydrogens (tertiary/aromatic N) is 1. The molecule has 3 heterocycles. The number of rotatable bonds is 1. The van der Waals surface area contributed by atoms with Crippen LogP contribution in [0.1, 0.15) is 12.8 Å². The molecule has 3 saturated heterocycles. The van der Waals surface area contributed by atoms with Crippen LogP contribution in [0.2, 0.25) is 0 Å². The Morgan fingerprint density at radius 1 is 1.27 bits per heavy atom. The van der Waals surface area contributed by atoms with Gasteiger partial charge in [0.2, 0.25) is 0 Å². The topological polar surface area (TPSA) is 3.24 Å². The van der Waals surface area contributed by atoms with Gasteiger partial charge < -0.3 is 4.90 Å². The SMILES string of the molecule is Cl.SCC1CN2CCC1CC2. The molecule has 0 aromatic rings. The van der Waals surface area contributed by atoms with Crippen molar-refractivity contribution < 1.29 is 0 Å². The Morgan fingerprint density at radius 2 is 1.91 bits per heavy atom. The van der Waals surface area contributed by atoms with Gasteiger partial charge in [-0.1, -0.05) is 0 Å². The maximum atomic E-state index is 4.37. The monoisotopic (exact) mass is 193 g/mol. The molecule has 1 unspecified atom stereocenters. The highest BCUT2D eigenvalue weighted by molar-refractivity contribution is 7.80. The van der Waals surface area contributed by atoms with Gasteiger partial charge in [-0.05, 0) is 43.5 Å². The second kappa shape index (κ2) is 4.01. The molecule has 0 spiro atoms. The fourth-order valence-electron chi connectivity index (χ4n) is 2.29. The van der Waals surface area contributed by atoms with Crippen molar-refractivity contribution in [3.8, 4) is 0 Å². The van der Waals surface area contributed by atoms with E-state index in [0.717, 1.165) is 17.6 Å². The predicted molar refractivity (Wildman–Crippen MR) is 53.8 cm³/mol. The highest BCUT2D eigenvalue weighted by Crippen LogP contribution is 2.32. The Labute approximate surface area is 80.4 Å². The molecule has 0 N–H and O–H groups in total. The summed E-state index contributed by atoms with van der Waals surface area (Å²) < 4.78 is 0. The van der Waals surface area contributed by atoms with Crippen molar-refractivity contribution in [2.24, 2.45) is 11.8 Å². The lowest BCUT2D eigenvalue weighted by molar-refractivity contribution is 0.0628. The van der Waals surface area contributed by atoms with Crippen molar-refractivity contribution in [1.82, 2.24) is 4.90 Å². The summed E-state index contributed by atoms with van der Waals surface area (Å²) in [4.78, 5) is 2.58. The zero-order valence-corrected chi connectivity index (χ0v) is 8.41. The molecule has 0 aromatic carbocycles. The van der Waals surface area contributed by atoms with Gasteiger partial charge in [-0.15, -0.1) is 12.4 Å². The van der Waals surface area contributed by atoms with Crippen molar-refractivity contribution >= 4 is 25.0 Å². The van der Waals surface area contributed by atoms with E-state index in [2.05, 4.69) is 17.5 Å². The van der Waals surface area contributed by atoms with Crippen LogP contribution in [-0.4, -0.2) is 30.3 Å². The first-order valence-electron chi connectivity index (χ1n) is 4.23.